The zero-order valence-electron chi connectivity index (χ0n) is 12.7. The highest BCUT2D eigenvalue weighted by molar-refractivity contribution is 5.33. The SMILES string of the molecule is CC(C)CCN1C[C@H]2OCCN(c3ncc(F)cn3)[C@H]2C1. The van der Waals surface area contributed by atoms with Crippen LogP contribution in [0.2, 0.25) is 0 Å². The Labute approximate surface area is 125 Å². The summed E-state index contributed by atoms with van der Waals surface area (Å²) in [6.45, 7) is 8.99. The standard InChI is InChI=1S/C15H23FN4O/c1-11(2)3-4-19-9-13-14(10-19)21-6-5-20(13)15-17-7-12(16)8-18-15/h7-8,11,13-14H,3-6,9-10H2,1-2H3/t13-,14+/m0/s1. The van der Waals surface area contributed by atoms with Gasteiger partial charge in [-0.05, 0) is 18.9 Å². The highest BCUT2D eigenvalue weighted by Crippen LogP contribution is 2.26. The van der Waals surface area contributed by atoms with Gasteiger partial charge in [-0.2, -0.15) is 0 Å². The molecule has 2 fully saturated rings. The van der Waals surface area contributed by atoms with Gasteiger partial charge in [-0.1, -0.05) is 13.8 Å². The van der Waals surface area contributed by atoms with Gasteiger partial charge in [-0.15, -0.1) is 0 Å². The van der Waals surface area contributed by atoms with Crippen LogP contribution in [0.5, 0.6) is 0 Å². The van der Waals surface area contributed by atoms with Gasteiger partial charge in [-0.3, -0.25) is 4.90 Å². The molecular formula is C15H23FN4O. The smallest absolute Gasteiger partial charge is 0.225 e. The van der Waals surface area contributed by atoms with Crippen LogP contribution in [0.1, 0.15) is 20.3 Å². The fourth-order valence-electron chi connectivity index (χ4n) is 3.09. The summed E-state index contributed by atoms with van der Waals surface area (Å²) in [5.74, 6) is 0.930. The van der Waals surface area contributed by atoms with E-state index in [9.17, 15) is 4.39 Å². The van der Waals surface area contributed by atoms with Gasteiger partial charge in [0.05, 0.1) is 31.1 Å². The predicted octanol–water partition coefficient (Wildman–Crippen LogP) is 1.55. The van der Waals surface area contributed by atoms with Crippen LogP contribution in [-0.2, 0) is 4.74 Å². The lowest BCUT2D eigenvalue weighted by Gasteiger charge is -2.36. The average Bonchev–Trinajstić information content (AvgIpc) is 2.89. The van der Waals surface area contributed by atoms with Gasteiger partial charge in [0.25, 0.3) is 0 Å². The number of ether oxygens (including phenoxy) is 1. The zero-order valence-corrected chi connectivity index (χ0v) is 12.7. The number of fused-ring (bicyclic) bond motifs is 1. The predicted molar refractivity (Wildman–Crippen MR) is 78.8 cm³/mol. The Bertz CT molecular complexity index is 467. The molecule has 0 radical (unpaired) electrons. The molecule has 1 aromatic rings. The molecule has 0 N–H and O–H groups in total. The molecule has 2 atom stereocenters. The number of aromatic nitrogens is 2. The van der Waals surface area contributed by atoms with E-state index in [-0.39, 0.29) is 12.1 Å². The molecule has 1 aromatic heterocycles. The number of nitrogens with zero attached hydrogens (tertiary/aromatic N) is 4. The maximum atomic E-state index is 13.0. The van der Waals surface area contributed by atoms with E-state index in [4.69, 9.17) is 4.74 Å². The van der Waals surface area contributed by atoms with E-state index in [0.717, 1.165) is 26.2 Å². The molecule has 2 aliphatic rings. The minimum atomic E-state index is -0.395. The van der Waals surface area contributed by atoms with Gasteiger partial charge < -0.3 is 9.64 Å². The van der Waals surface area contributed by atoms with Crippen molar-refractivity contribution in [3.63, 3.8) is 0 Å². The molecule has 0 amide bonds. The fraction of sp³-hybridized carbons (Fsp3) is 0.733. The Morgan fingerprint density at radius 1 is 1.33 bits per heavy atom. The minimum Gasteiger partial charge on any atom is -0.373 e. The normalized spacial score (nSPS) is 26.4. The molecule has 3 heterocycles. The van der Waals surface area contributed by atoms with E-state index in [2.05, 4.69) is 33.6 Å². The van der Waals surface area contributed by atoms with Crippen molar-refractivity contribution in [3.8, 4) is 0 Å². The Morgan fingerprint density at radius 2 is 2.10 bits per heavy atom. The van der Waals surface area contributed by atoms with Crippen molar-refractivity contribution in [2.45, 2.75) is 32.4 Å². The average molecular weight is 294 g/mol. The topological polar surface area (TPSA) is 41.5 Å². The van der Waals surface area contributed by atoms with Crippen LogP contribution in [-0.4, -0.2) is 59.8 Å². The molecule has 116 valence electrons. The third-order valence-corrected chi connectivity index (χ3v) is 4.26. The van der Waals surface area contributed by atoms with Crippen molar-refractivity contribution in [1.29, 1.82) is 0 Å². The highest BCUT2D eigenvalue weighted by Gasteiger charge is 2.40. The number of likely N-dealkylation sites (tertiary alicyclic amines) is 1. The van der Waals surface area contributed by atoms with Crippen LogP contribution in [0.4, 0.5) is 10.3 Å². The number of rotatable bonds is 4. The van der Waals surface area contributed by atoms with Gasteiger partial charge in [0.2, 0.25) is 5.95 Å². The number of anilines is 1. The van der Waals surface area contributed by atoms with Crippen LogP contribution < -0.4 is 4.90 Å². The maximum Gasteiger partial charge on any atom is 0.225 e. The van der Waals surface area contributed by atoms with Crippen LogP contribution in [0.25, 0.3) is 0 Å². The Hall–Kier alpha value is -1.27. The van der Waals surface area contributed by atoms with Gasteiger partial charge in [-0.25, -0.2) is 14.4 Å². The van der Waals surface area contributed by atoms with Gasteiger partial charge in [0.1, 0.15) is 0 Å². The van der Waals surface area contributed by atoms with E-state index in [0.29, 0.717) is 18.5 Å². The van der Waals surface area contributed by atoms with Crippen molar-refractivity contribution in [1.82, 2.24) is 14.9 Å². The molecule has 21 heavy (non-hydrogen) atoms. The third-order valence-electron chi connectivity index (χ3n) is 4.26. The molecule has 3 rings (SSSR count). The lowest BCUT2D eigenvalue weighted by atomic mass is 10.1. The fourth-order valence-corrected chi connectivity index (χ4v) is 3.09. The summed E-state index contributed by atoms with van der Waals surface area (Å²) >= 11 is 0. The second kappa shape index (κ2) is 6.23. The van der Waals surface area contributed by atoms with Gasteiger partial charge in [0.15, 0.2) is 5.82 Å². The first-order chi connectivity index (χ1) is 10.1. The van der Waals surface area contributed by atoms with Crippen molar-refractivity contribution in [2.24, 2.45) is 5.92 Å². The van der Waals surface area contributed by atoms with E-state index >= 15 is 0 Å². The van der Waals surface area contributed by atoms with Crippen LogP contribution >= 0.6 is 0 Å². The van der Waals surface area contributed by atoms with Crippen LogP contribution in [0, 0.1) is 11.7 Å². The molecule has 0 aliphatic carbocycles. The molecule has 6 heteroatoms. The van der Waals surface area contributed by atoms with Gasteiger partial charge in [0, 0.05) is 19.6 Å². The third kappa shape index (κ3) is 3.32. The largest absolute Gasteiger partial charge is 0.373 e. The summed E-state index contributed by atoms with van der Waals surface area (Å²) in [5, 5.41) is 0. The van der Waals surface area contributed by atoms with E-state index in [1.54, 1.807) is 0 Å². The van der Waals surface area contributed by atoms with E-state index in [1.165, 1.54) is 18.8 Å². The first-order valence-electron chi connectivity index (χ1n) is 7.71. The molecule has 0 bridgehead atoms. The number of hydrogen-bond acceptors (Lipinski definition) is 5. The van der Waals surface area contributed by atoms with Crippen LogP contribution in [0.15, 0.2) is 12.4 Å². The van der Waals surface area contributed by atoms with E-state index in [1.807, 2.05) is 0 Å². The second-order valence-electron chi connectivity index (χ2n) is 6.31. The first kappa shape index (κ1) is 14.7. The summed E-state index contributed by atoms with van der Waals surface area (Å²) in [6.07, 6.45) is 3.88. The van der Waals surface area contributed by atoms with Gasteiger partial charge >= 0.3 is 0 Å². The van der Waals surface area contributed by atoms with Crippen molar-refractivity contribution < 1.29 is 9.13 Å². The quantitative estimate of drug-likeness (QED) is 0.843. The number of hydrogen-bond donors (Lipinski definition) is 0. The van der Waals surface area contributed by atoms with Crippen molar-refractivity contribution >= 4 is 5.95 Å². The highest BCUT2D eigenvalue weighted by atomic mass is 19.1. The first-order valence-corrected chi connectivity index (χ1v) is 7.71. The Kier molecular flexibility index (Phi) is 4.35. The summed E-state index contributed by atoms with van der Waals surface area (Å²) in [4.78, 5) is 12.9. The molecule has 5 nitrogen and oxygen atoms in total. The summed E-state index contributed by atoms with van der Waals surface area (Å²) < 4.78 is 18.9. The zero-order chi connectivity index (χ0) is 14.8. The monoisotopic (exact) mass is 294 g/mol. The number of morpholine rings is 1. The Morgan fingerprint density at radius 3 is 2.81 bits per heavy atom. The molecule has 0 unspecified atom stereocenters. The number of halogens is 1. The molecule has 2 aliphatic heterocycles. The summed E-state index contributed by atoms with van der Waals surface area (Å²) in [6, 6.07) is 0.274. The van der Waals surface area contributed by atoms with E-state index < -0.39 is 5.82 Å². The lowest BCUT2D eigenvalue weighted by molar-refractivity contribution is 0.0301. The molecule has 0 saturated carbocycles. The lowest BCUT2D eigenvalue weighted by Crippen LogP contribution is -2.51. The Balaban J connectivity index is 1.68. The van der Waals surface area contributed by atoms with Crippen molar-refractivity contribution in [3.05, 3.63) is 18.2 Å². The molecule has 2 saturated heterocycles. The maximum absolute atomic E-state index is 13.0. The van der Waals surface area contributed by atoms with Crippen molar-refractivity contribution in [2.75, 3.05) is 37.7 Å². The molecular weight excluding hydrogens is 271 g/mol. The second-order valence-corrected chi connectivity index (χ2v) is 6.31. The van der Waals surface area contributed by atoms with Crippen LogP contribution in [0.3, 0.4) is 0 Å². The minimum absolute atomic E-state index is 0.208. The summed E-state index contributed by atoms with van der Waals surface area (Å²) in [7, 11) is 0. The summed E-state index contributed by atoms with van der Waals surface area (Å²) in [5.41, 5.74) is 0. The molecule has 0 aromatic carbocycles. The molecule has 0 spiro atoms.